The highest BCUT2D eigenvalue weighted by Crippen LogP contribution is 2.40. The van der Waals surface area contributed by atoms with Crippen LogP contribution in [0.3, 0.4) is 0 Å². The van der Waals surface area contributed by atoms with E-state index in [9.17, 15) is 4.79 Å². The van der Waals surface area contributed by atoms with Crippen LogP contribution in [0.25, 0.3) is 60.5 Å². The Bertz CT molecular complexity index is 1970. The van der Waals surface area contributed by atoms with E-state index < -0.39 is 0 Å². The minimum Gasteiger partial charge on any atom is -0.268 e. The van der Waals surface area contributed by atoms with Gasteiger partial charge < -0.3 is 0 Å². The van der Waals surface area contributed by atoms with Gasteiger partial charge in [-0.3, -0.25) is 9.20 Å². The zero-order valence-corrected chi connectivity index (χ0v) is 21.5. The first kappa shape index (κ1) is 20.8. The van der Waals surface area contributed by atoms with Gasteiger partial charge in [-0.05, 0) is 53.1 Å². The number of halogens is 2. The number of hydrogen-bond acceptors (Lipinski definition) is 2. The molecule has 0 N–H and O–H groups in total. The number of benzene rings is 5. The Hall–Kier alpha value is -3.54. The molecule has 0 radical (unpaired) electrons. The standard InChI is InChI=1S/C30H16Br2N2O/c31-23-13-11-20-26-21(12-14-24(32)27(23)26)30(35)34-25-16-19(17-7-3-1-4-8-17)15-22(28(25)33-29(20)34)18-9-5-2-6-10-18/h1-16H. The molecule has 0 bridgehead atoms. The third kappa shape index (κ3) is 3.01. The summed E-state index contributed by atoms with van der Waals surface area (Å²) in [5, 5.41) is 3.54. The maximum absolute atomic E-state index is 14.0. The van der Waals surface area contributed by atoms with Crippen molar-refractivity contribution < 1.29 is 0 Å². The van der Waals surface area contributed by atoms with Crippen LogP contribution in [0.15, 0.2) is 111 Å². The van der Waals surface area contributed by atoms with Gasteiger partial charge in [0.15, 0.2) is 0 Å². The number of imidazole rings is 1. The molecule has 166 valence electrons. The molecule has 35 heavy (non-hydrogen) atoms. The fourth-order valence-corrected chi connectivity index (χ4v) is 6.45. The van der Waals surface area contributed by atoms with Gasteiger partial charge in [-0.15, -0.1) is 0 Å². The van der Waals surface area contributed by atoms with Gasteiger partial charge in [0.2, 0.25) is 0 Å². The molecule has 0 unspecified atom stereocenters. The number of fused-ring (bicyclic) bond motifs is 4. The summed E-state index contributed by atoms with van der Waals surface area (Å²) in [5.41, 5.74) is 6.48. The highest BCUT2D eigenvalue weighted by Gasteiger charge is 2.21. The average Bonchev–Trinajstić information content (AvgIpc) is 3.29. The fraction of sp³-hybridized carbons (Fsp3) is 0. The van der Waals surface area contributed by atoms with Crippen LogP contribution in [0, 0.1) is 0 Å². The predicted molar refractivity (Wildman–Crippen MR) is 151 cm³/mol. The smallest absolute Gasteiger partial charge is 0.264 e. The van der Waals surface area contributed by atoms with Crippen molar-refractivity contribution in [1.82, 2.24) is 9.38 Å². The van der Waals surface area contributed by atoms with E-state index in [1.807, 2.05) is 60.7 Å². The molecule has 7 rings (SSSR count). The predicted octanol–water partition coefficient (Wildman–Crippen LogP) is 8.45. The fourth-order valence-electron chi connectivity index (χ4n) is 5.10. The summed E-state index contributed by atoms with van der Waals surface area (Å²) in [6, 6.07) is 32.7. The minimum absolute atomic E-state index is 0.0603. The lowest BCUT2D eigenvalue weighted by atomic mass is 9.97. The quantitative estimate of drug-likeness (QED) is 0.206. The molecule has 5 heteroatoms. The second-order valence-electron chi connectivity index (χ2n) is 8.64. The first-order valence-corrected chi connectivity index (χ1v) is 12.8. The van der Waals surface area contributed by atoms with Crippen molar-refractivity contribution in [2.75, 3.05) is 0 Å². The maximum atomic E-state index is 14.0. The second kappa shape index (κ2) is 7.74. The summed E-state index contributed by atoms with van der Waals surface area (Å²) in [7, 11) is 0. The Morgan fingerprint density at radius 1 is 0.629 bits per heavy atom. The van der Waals surface area contributed by atoms with E-state index in [-0.39, 0.29) is 5.56 Å². The molecule has 0 atom stereocenters. The Kier molecular flexibility index (Phi) is 4.60. The highest BCUT2D eigenvalue weighted by molar-refractivity contribution is 9.11. The lowest BCUT2D eigenvalue weighted by Gasteiger charge is -2.10. The van der Waals surface area contributed by atoms with Gasteiger partial charge in [0.05, 0.1) is 11.0 Å². The van der Waals surface area contributed by atoms with Crippen molar-refractivity contribution in [1.29, 1.82) is 0 Å². The van der Waals surface area contributed by atoms with Gasteiger partial charge in [0.25, 0.3) is 5.56 Å². The molecule has 7 aromatic rings. The molecule has 5 aromatic carbocycles. The van der Waals surface area contributed by atoms with Gasteiger partial charge in [-0.2, -0.15) is 0 Å². The second-order valence-corrected chi connectivity index (χ2v) is 10.3. The zero-order chi connectivity index (χ0) is 23.7. The van der Waals surface area contributed by atoms with Gasteiger partial charge in [-0.25, -0.2) is 4.98 Å². The SMILES string of the molecule is O=c1c2ccc(Br)c3c(Br)ccc(c32)c2nc3c(-c4ccccc4)cc(-c4ccccc4)cc3n12. The Labute approximate surface area is 217 Å². The van der Waals surface area contributed by atoms with Crippen LogP contribution in [0.1, 0.15) is 0 Å². The Balaban J connectivity index is 1.72. The molecule has 0 aliphatic heterocycles. The Morgan fingerprint density at radius 2 is 1.26 bits per heavy atom. The van der Waals surface area contributed by atoms with E-state index in [1.165, 1.54) is 0 Å². The monoisotopic (exact) mass is 578 g/mol. The number of nitrogens with zero attached hydrogens (tertiary/aromatic N) is 2. The lowest BCUT2D eigenvalue weighted by molar-refractivity contribution is 1.19. The summed E-state index contributed by atoms with van der Waals surface area (Å²) >= 11 is 7.35. The summed E-state index contributed by atoms with van der Waals surface area (Å²) in [6.45, 7) is 0. The largest absolute Gasteiger partial charge is 0.268 e. The molecular formula is C30H16Br2N2O. The maximum Gasteiger partial charge on any atom is 0.264 e. The topological polar surface area (TPSA) is 34.4 Å². The van der Waals surface area contributed by atoms with Crippen LogP contribution < -0.4 is 5.56 Å². The first-order valence-electron chi connectivity index (χ1n) is 11.2. The molecule has 2 aromatic heterocycles. The zero-order valence-electron chi connectivity index (χ0n) is 18.3. The van der Waals surface area contributed by atoms with Crippen molar-refractivity contribution in [3.05, 3.63) is 116 Å². The highest BCUT2D eigenvalue weighted by atomic mass is 79.9. The lowest BCUT2D eigenvalue weighted by Crippen LogP contribution is -2.13. The van der Waals surface area contributed by atoms with E-state index >= 15 is 0 Å². The van der Waals surface area contributed by atoms with Crippen molar-refractivity contribution in [2.24, 2.45) is 0 Å². The molecule has 0 aliphatic carbocycles. The molecule has 0 saturated carbocycles. The molecule has 0 saturated heterocycles. The number of rotatable bonds is 2. The summed E-state index contributed by atoms with van der Waals surface area (Å²) in [5.74, 6) is 0. The van der Waals surface area contributed by atoms with Crippen molar-refractivity contribution >= 4 is 70.1 Å². The van der Waals surface area contributed by atoms with E-state index in [0.717, 1.165) is 58.4 Å². The average molecular weight is 580 g/mol. The van der Waals surface area contributed by atoms with Gasteiger partial charge in [0.1, 0.15) is 5.65 Å². The van der Waals surface area contributed by atoms with Crippen molar-refractivity contribution in [2.45, 2.75) is 0 Å². The van der Waals surface area contributed by atoms with E-state index in [4.69, 9.17) is 4.98 Å². The number of pyridine rings is 1. The van der Waals surface area contributed by atoms with Crippen molar-refractivity contribution in [3.63, 3.8) is 0 Å². The van der Waals surface area contributed by atoms with Crippen LogP contribution in [-0.4, -0.2) is 9.38 Å². The molecule has 0 aliphatic rings. The van der Waals surface area contributed by atoms with Crippen LogP contribution in [0.2, 0.25) is 0 Å². The third-order valence-corrected chi connectivity index (χ3v) is 8.01. The molecule has 0 amide bonds. The Morgan fingerprint density at radius 3 is 1.94 bits per heavy atom. The summed E-state index contributed by atoms with van der Waals surface area (Å²) in [4.78, 5) is 19.1. The van der Waals surface area contributed by atoms with Gasteiger partial charge in [0, 0.05) is 36.1 Å². The number of hydrogen-bond donors (Lipinski definition) is 0. The number of aromatic nitrogens is 2. The van der Waals surface area contributed by atoms with Crippen LogP contribution >= 0.6 is 31.9 Å². The molecular weight excluding hydrogens is 564 g/mol. The molecule has 0 fully saturated rings. The van der Waals surface area contributed by atoms with Gasteiger partial charge in [-0.1, -0.05) is 92.5 Å². The minimum atomic E-state index is -0.0603. The van der Waals surface area contributed by atoms with E-state index in [1.54, 1.807) is 4.40 Å². The van der Waals surface area contributed by atoms with Crippen LogP contribution in [-0.2, 0) is 0 Å². The third-order valence-electron chi connectivity index (χ3n) is 6.69. The molecule has 3 nitrogen and oxygen atoms in total. The van der Waals surface area contributed by atoms with E-state index in [2.05, 4.69) is 68.3 Å². The molecule has 0 spiro atoms. The summed E-state index contributed by atoms with van der Waals surface area (Å²) < 4.78 is 3.67. The first-order chi connectivity index (χ1) is 17.1. The van der Waals surface area contributed by atoms with Gasteiger partial charge >= 0.3 is 0 Å². The van der Waals surface area contributed by atoms with E-state index in [0.29, 0.717) is 11.0 Å². The molecule has 2 heterocycles. The normalized spacial score (nSPS) is 11.8. The van der Waals surface area contributed by atoms with Crippen LogP contribution in [0.4, 0.5) is 0 Å². The summed E-state index contributed by atoms with van der Waals surface area (Å²) in [6.07, 6.45) is 0. The van der Waals surface area contributed by atoms with Crippen LogP contribution in [0.5, 0.6) is 0 Å². The van der Waals surface area contributed by atoms with Crippen molar-refractivity contribution in [3.8, 4) is 22.3 Å².